The van der Waals surface area contributed by atoms with E-state index in [0.717, 1.165) is 29.4 Å². The van der Waals surface area contributed by atoms with Crippen molar-refractivity contribution in [1.29, 1.82) is 0 Å². The molecule has 0 radical (unpaired) electrons. The van der Waals surface area contributed by atoms with E-state index in [1.807, 2.05) is 39.8 Å². The predicted molar refractivity (Wildman–Crippen MR) is 97.8 cm³/mol. The molecule has 0 bridgehead atoms. The van der Waals surface area contributed by atoms with Crippen molar-refractivity contribution in [2.75, 3.05) is 6.54 Å². The zero-order valence-corrected chi connectivity index (χ0v) is 15.6. The van der Waals surface area contributed by atoms with Gasteiger partial charge in [-0.2, -0.15) is 0 Å². The Bertz CT molecular complexity index is 540. The number of aliphatic hydroxyl groups is 1. The Morgan fingerprint density at radius 1 is 1.21 bits per heavy atom. The molecule has 0 unspecified atom stereocenters. The lowest BCUT2D eigenvalue weighted by Gasteiger charge is -2.39. The Hall–Kier alpha value is -1.29. The fraction of sp³-hybridized carbons (Fsp3) is 0.650. The predicted octanol–water partition coefficient (Wildman–Crippen LogP) is 5.49. The molecular formula is C20H31F2NO. The summed E-state index contributed by atoms with van der Waals surface area (Å²) in [6.45, 7) is 13.2. The van der Waals surface area contributed by atoms with Crippen molar-refractivity contribution in [3.63, 3.8) is 0 Å². The molecule has 0 atom stereocenters. The van der Waals surface area contributed by atoms with E-state index >= 15 is 0 Å². The molecule has 1 N–H and O–H groups in total. The van der Waals surface area contributed by atoms with Crippen LogP contribution in [0.2, 0.25) is 0 Å². The van der Waals surface area contributed by atoms with E-state index in [1.54, 1.807) is 0 Å². The largest absolute Gasteiger partial charge is 0.384 e. The molecule has 1 aliphatic carbocycles. The molecule has 4 heteroatoms. The highest BCUT2D eigenvalue weighted by Crippen LogP contribution is 2.42. The smallest absolute Gasteiger partial charge is 0.273 e. The number of hydrogen-bond donors (Lipinski definition) is 1. The minimum atomic E-state index is -3.06. The van der Waals surface area contributed by atoms with Gasteiger partial charge in [0.1, 0.15) is 5.60 Å². The molecule has 24 heavy (non-hydrogen) atoms. The van der Waals surface area contributed by atoms with E-state index in [4.69, 9.17) is 4.99 Å². The van der Waals surface area contributed by atoms with Gasteiger partial charge >= 0.3 is 0 Å². The van der Waals surface area contributed by atoms with Gasteiger partial charge in [-0.25, -0.2) is 8.78 Å². The van der Waals surface area contributed by atoms with Gasteiger partial charge in [0.2, 0.25) is 0 Å². The minimum absolute atomic E-state index is 0.109. The third-order valence-electron chi connectivity index (χ3n) is 4.49. The molecule has 0 saturated heterocycles. The highest BCUT2D eigenvalue weighted by Gasteiger charge is 2.50. The van der Waals surface area contributed by atoms with Crippen LogP contribution in [0, 0.1) is 5.92 Å². The molecule has 0 aromatic carbocycles. The lowest BCUT2D eigenvalue weighted by atomic mass is 9.74. The van der Waals surface area contributed by atoms with E-state index < -0.39 is 11.5 Å². The number of nitrogens with zero attached hydrogens (tertiary/aromatic N) is 1. The van der Waals surface area contributed by atoms with E-state index in [9.17, 15) is 13.9 Å². The minimum Gasteiger partial charge on any atom is -0.384 e. The van der Waals surface area contributed by atoms with Crippen molar-refractivity contribution in [3.05, 3.63) is 35.5 Å². The van der Waals surface area contributed by atoms with E-state index in [0.29, 0.717) is 19.4 Å². The maximum absolute atomic E-state index is 13.6. The summed E-state index contributed by atoms with van der Waals surface area (Å²) in [6.07, 6.45) is 5.32. The second-order valence-electron chi connectivity index (χ2n) is 7.49. The van der Waals surface area contributed by atoms with Gasteiger partial charge in [-0.15, -0.1) is 0 Å². The summed E-state index contributed by atoms with van der Waals surface area (Å²) in [5.41, 5.74) is 2.31. The van der Waals surface area contributed by atoms with Crippen molar-refractivity contribution in [2.45, 2.75) is 71.8 Å². The molecule has 1 rings (SSSR count). The van der Waals surface area contributed by atoms with Crippen LogP contribution in [0.4, 0.5) is 8.78 Å². The topological polar surface area (TPSA) is 32.6 Å². The van der Waals surface area contributed by atoms with Gasteiger partial charge in [0, 0.05) is 18.6 Å². The first kappa shape index (κ1) is 20.8. The van der Waals surface area contributed by atoms with Gasteiger partial charge in [-0.05, 0) is 59.5 Å². The van der Waals surface area contributed by atoms with Crippen LogP contribution in [-0.2, 0) is 0 Å². The van der Waals surface area contributed by atoms with Crippen LogP contribution >= 0.6 is 0 Å². The molecule has 1 saturated carbocycles. The van der Waals surface area contributed by atoms with Gasteiger partial charge in [0.25, 0.3) is 5.92 Å². The average Bonchev–Trinajstić information content (AvgIpc) is 2.42. The molecule has 136 valence electrons. The van der Waals surface area contributed by atoms with Crippen molar-refractivity contribution in [1.82, 2.24) is 0 Å². The van der Waals surface area contributed by atoms with Crippen molar-refractivity contribution in [2.24, 2.45) is 10.9 Å². The molecular weight excluding hydrogens is 308 g/mol. The van der Waals surface area contributed by atoms with Crippen LogP contribution in [0.1, 0.15) is 60.3 Å². The Labute approximate surface area is 145 Å². The number of halogens is 2. The van der Waals surface area contributed by atoms with Crippen LogP contribution in [0.15, 0.2) is 40.4 Å². The molecule has 0 aliphatic heterocycles. The summed E-state index contributed by atoms with van der Waals surface area (Å²) in [6, 6.07) is 0. The molecule has 1 fully saturated rings. The van der Waals surface area contributed by atoms with Gasteiger partial charge < -0.3 is 5.11 Å². The first-order chi connectivity index (χ1) is 10.9. The maximum atomic E-state index is 13.6. The molecule has 1 aliphatic rings. The average molecular weight is 339 g/mol. The summed E-state index contributed by atoms with van der Waals surface area (Å²) in [4.78, 5) is 4.71. The third kappa shape index (κ3) is 5.97. The van der Waals surface area contributed by atoms with Gasteiger partial charge in [-0.1, -0.05) is 29.4 Å². The first-order valence-corrected chi connectivity index (χ1v) is 8.57. The summed E-state index contributed by atoms with van der Waals surface area (Å²) >= 11 is 0. The van der Waals surface area contributed by atoms with E-state index in [-0.39, 0.29) is 18.8 Å². The molecule has 0 heterocycles. The Kier molecular flexibility index (Phi) is 7.09. The summed E-state index contributed by atoms with van der Waals surface area (Å²) in [7, 11) is 0. The van der Waals surface area contributed by atoms with Crippen molar-refractivity contribution in [3.8, 4) is 0 Å². The highest BCUT2D eigenvalue weighted by molar-refractivity contribution is 5.97. The van der Waals surface area contributed by atoms with Crippen LogP contribution in [0.5, 0.6) is 0 Å². The molecule has 0 aromatic rings. The molecule has 0 aromatic heterocycles. The third-order valence-corrected chi connectivity index (χ3v) is 4.49. The van der Waals surface area contributed by atoms with Crippen LogP contribution in [0.25, 0.3) is 0 Å². The Morgan fingerprint density at radius 3 is 2.17 bits per heavy atom. The number of allylic oxidation sites excluding steroid dienone is 4. The van der Waals surface area contributed by atoms with E-state index in [1.165, 1.54) is 0 Å². The second kappa shape index (κ2) is 8.19. The number of rotatable bonds is 6. The highest BCUT2D eigenvalue weighted by atomic mass is 19.3. The fourth-order valence-electron chi connectivity index (χ4n) is 3.10. The lowest BCUT2D eigenvalue weighted by molar-refractivity contribution is -0.186. The van der Waals surface area contributed by atoms with Crippen molar-refractivity contribution >= 4 is 5.71 Å². The first-order valence-electron chi connectivity index (χ1n) is 8.57. The Balaban J connectivity index is 2.89. The summed E-state index contributed by atoms with van der Waals surface area (Å²) < 4.78 is 27.2. The standard InChI is InChI=1S/C20H31F2NO/c1-14(2)11-16(5)13-23-18(12-15(3)4)17-7-9-20(24,10-8-17)19(6,21)22/h11-12,17,24H,1,7-10,13H2,2-6H3/b16-11-,23-18+. The maximum Gasteiger partial charge on any atom is 0.273 e. The summed E-state index contributed by atoms with van der Waals surface area (Å²) in [5, 5.41) is 10.2. The van der Waals surface area contributed by atoms with Gasteiger partial charge in [-0.3, -0.25) is 4.99 Å². The molecule has 0 amide bonds. The SMILES string of the molecule is C=C(C)/C=C(/C)C/N=C(\C=C(C)C)C1CCC(O)(C(C)(F)F)CC1. The quantitative estimate of drug-likeness (QED) is 0.503. The van der Waals surface area contributed by atoms with E-state index in [2.05, 4.69) is 6.58 Å². The Morgan fingerprint density at radius 2 is 1.75 bits per heavy atom. The summed E-state index contributed by atoms with van der Waals surface area (Å²) in [5.74, 6) is -2.94. The fourth-order valence-corrected chi connectivity index (χ4v) is 3.10. The molecule has 0 spiro atoms. The second-order valence-corrected chi connectivity index (χ2v) is 7.49. The zero-order chi connectivity index (χ0) is 18.5. The van der Waals surface area contributed by atoms with Gasteiger partial charge in [0.05, 0.1) is 6.54 Å². The number of hydrogen-bond acceptors (Lipinski definition) is 2. The lowest BCUT2D eigenvalue weighted by Crippen LogP contribution is -2.49. The molecule has 2 nitrogen and oxygen atoms in total. The van der Waals surface area contributed by atoms with Crippen LogP contribution in [-0.4, -0.2) is 28.9 Å². The zero-order valence-electron chi connectivity index (χ0n) is 15.6. The number of aliphatic imine (C=N–C) groups is 1. The van der Waals surface area contributed by atoms with Crippen LogP contribution in [0.3, 0.4) is 0 Å². The number of alkyl halides is 2. The monoisotopic (exact) mass is 339 g/mol. The van der Waals surface area contributed by atoms with Crippen molar-refractivity contribution < 1.29 is 13.9 Å². The van der Waals surface area contributed by atoms with Crippen LogP contribution < -0.4 is 0 Å². The van der Waals surface area contributed by atoms with Gasteiger partial charge in [0.15, 0.2) is 0 Å². The normalized spacial score (nSPS) is 26.2.